The Morgan fingerprint density at radius 3 is 2.61 bits per heavy atom. The van der Waals surface area contributed by atoms with Crippen molar-refractivity contribution in [3.05, 3.63) is 0 Å². The largest absolute Gasteiger partial charge is 0.480 e. The molecule has 0 saturated heterocycles. The zero-order chi connectivity index (χ0) is 13.5. The molecule has 18 heavy (non-hydrogen) atoms. The highest BCUT2D eigenvalue weighted by Gasteiger charge is 2.21. The number of amides is 1. The molecule has 1 rings (SSSR count). The summed E-state index contributed by atoms with van der Waals surface area (Å²) in [5.41, 5.74) is 5.40. The quantitative estimate of drug-likeness (QED) is 0.643. The summed E-state index contributed by atoms with van der Waals surface area (Å²) in [6, 6.07) is -0.496. The average molecular weight is 274 g/mol. The third-order valence-electron chi connectivity index (χ3n) is 3.18. The molecule has 0 aromatic rings. The molecule has 6 heteroatoms. The van der Waals surface area contributed by atoms with Crippen LogP contribution in [0, 0.1) is 0 Å². The monoisotopic (exact) mass is 274 g/mol. The predicted molar refractivity (Wildman–Crippen MR) is 72.5 cm³/mol. The van der Waals surface area contributed by atoms with E-state index in [0.29, 0.717) is 18.2 Å². The molecule has 1 saturated carbocycles. The highest BCUT2D eigenvalue weighted by Crippen LogP contribution is 2.19. The van der Waals surface area contributed by atoms with Gasteiger partial charge in [-0.25, -0.2) is 0 Å². The van der Waals surface area contributed by atoms with Crippen molar-refractivity contribution < 1.29 is 14.7 Å². The second-order valence-electron chi connectivity index (χ2n) is 4.74. The average Bonchev–Trinajstić information content (AvgIpc) is 2.81. The predicted octanol–water partition coefficient (Wildman–Crippen LogP) is 0.969. The second kappa shape index (κ2) is 7.63. The van der Waals surface area contributed by atoms with Crippen LogP contribution in [0.4, 0.5) is 0 Å². The molecule has 0 bridgehead atoms. The van der Waals surface area contributed by atoms with Crippen LogP contribution in [0.15, 0.2) is 0 Å². The van der Waals surface area contributed by atoms with Gasteiger partial charge >= 0.3 is 5.97 Å². The number of carboxylic acid groups (broad SMARTS) is 1. The highest BCUT2D eigenvalue weighted by atomic mass is 32.2. The number of thioether (sulfide) groups is 1. The van der Waals surface area contributed by atoms with Crippen LogP contribution < -0.4 is 11.1 Å². The Morgan fingerprint density at radius 1 is 1.44 bits per heavy atom. The lowest BCUT2D eigenvalue weighted by Crippen LogP contribution is -2.38. The maximum absolute atomic E-state index is 11.8. The maximum atomic E-state index is 11.8. The zero-order valence-electron chi connectivity index (χ0n) is 10.7. The molecule has 1 fully saturated rings. The molecular formula is C12H22N2O3S. The molecule has 104 valence electrons. The van der Waals surface area contributed by atoms with Crippen LogP contribution in [0.2, 0.25) is 0 Å². The van der Waals surface area contributed by atoms with E-state index in [1.54, 1.807) is 0 Å². The number of rotatable bonds is 7. The van der Waals surface area contributed by atoms with Crippen LogP contribution in [0.3, 0.4) is 0 Å². The minimum absolute atomic E-state index is 0.0517. The lowest BCUT2D eigenvalue weighted by Gasteiger charge is -2.16. The fraction of sp³-hybridized carbons (Fsp3) is 0.833. The van der Waals surface area contributed by atoms with Gasteiger partial charge in [-0.05, 0) is 31.9 Å². The normalized spacial score (nSPS) is 19.4. The highest BCUT2D eigenvalue weighted by molar-refractivity contribution is 8.00. The van der Waals surface area contributed by atoms with Crippen LogP contribution in [0.5, 0.6) is 0 Å². The van der Waals surface area contributed by atoms with Crippen LogP contribution in [-0.2, 0) is 9.59 Å². The lowest BCUT2D eigenvalue weighted by molar-refractivity contribution is -0.138. The van der Waals surface area contributed by atoms with Gasteiger partial charge in [-0.2, -0.15) is 0 Å². The molecule has 4 N–H and O–H groups in total. The Labute approximate surface area is 112 Å². The van der Waals surface area contributed by atoms with E-state index in [1.807, 2.05) is 6.92 Å². The van der Waals surface area contributed by atoms with Crippen LogP contribution in [-0.4, -0.2) is 40.1 Å². The fourth-order valence-electron chi connectivity index (χ4n) is 1.96. The number of hydrogen-bond acceptors (Lipinski definition) is 4. The number of nitrogens with one attached hydrogen (secondary N) is 1. The van der Waals surface area contributed by atoms with Gasteiger partial charge in [0.05, 0.1) is 5.25 Å². The number of carbonyl (C=O) groups is 2. The van der Waals surface area contributed by atoms with Crippen molar-refractivity contribution in [3.63, 3.8) is 0 Å². The topological polar surface area (TPSA) is 92.4 Å². The Bertz CT molecular complexity index is 293. The summed E-state index contributed by atoms with van der Waals surface area (Å²) in [5.74, 6) is -0.346. The molecule has 0 aliphatic heterocycles. The second-order valence-corrected chi connectivity index (χ2v) is 6.19. The van der Waals surface area contributed by atoms with E-state index < -0.39 is 12.0 Å². The van der Waals surface area contributed by atoms with Gasteiger partial charge in [0.25, 0.3) is 0 Å². The van der Waals surface area contributed by atoms with Crippen molar-refractivity contribution in [2.75, 3.05) is 5.75 Å². The Kier molecular flexibility index (Phi) is 6.49. The molecule has 0 heterocycles. The summed E-state index contributed by atoms with van der Waals surface area (Å²) in [7, 11) is 0. The van der Waals surface area contributed by atoms with E-state index in [1.165, 1.54) is 24.6 Å². The van der Waals surface area contributed by atoms with E-state index in [0.717, 1.165) is 12.8 Å². The molecule has 1 aliphatic carbocycles. The van der Waals surface area contributed by atoms with E-state index in [9.17, 15) is 9.59 Å². The van der Waals surface area contributed by atoms with Crippen molar-refractivity contribution in [1.29, 1.82) is 0 Å². The number of carboxylic acids is 1. The fourth-order valence-corrected chi connectivity index (χ4v) is 2.92. The minimum atomic E-state index is -0.987. The molecule has 2 unspecified atom stereocenters. The summed E-state index contributed by atoms with van der Waals surface area (Å²) in [5, 5.41) is 11.5. The number of carbonyl (C=O) groups excluding carboxylic acids is 1. The Hall–Kier alpha value is -0.750. The van der Waals surface area contributed by atoms with Gasteiger partial charge in [-0.3, -0.25) is 9.59 Å². The van der Waals surface area contributed by atoms with Gasteiger partial charge in [0.15, 0.2) is 0 Å². The summed E-state index contributed by atoms with van der Waals surface area (Å²) in [6.07, 6.45) is 4.93. The van der Waals surface area contributed by atoms with E-state index in [-0.39, 0.29) is 11.2 Å². The number of aliphatic carboxylic acids is 1. The number of nitrogens with two attached hydrogens (primary N) is 1. The van der Waals surface area contributed by atoms with Crippen molar-refractivity contribution >= 4 is 23.6 Å². The molecule has 0 aromatic carbocycles. The summed E-state index contributed by atoms with van der Waals surface area (Å²) in [4.78, 5) is 22.4. The molecule has 1 aliphatic rings. The van der Waals surface area contributed by atoms with Gasteiger partial charge in [0, 0.05) is 6.04 Å². The summed E-state index contributed by atoms with van der Waals surface area (Å²) >= 11 is 1.46. The summed E-state index contributed by atoms with van der Waals surface area (Å²) in [6.45, 7) is 1.85. The van der Waals surface area contributed by atoms with Gasteiger partial charge in [-0.1, -0.05) is 12.8 Å². The molecule has 0 aromatic heterocycles. The van der Waals surface area contributed by atoms with Gasteiger partial charge in [0.2, 0.25) is 5.91 Å². The first-order valence-electron chi connectivity index (χ1n) is 6.41. The maximum Gasteiger partial charge on any atom is 0.320 e. The van der Waals surface area contributed by atoms with E-state index >= 15 is 0 Å². The van der Waals surface area contributed by atoms with Gasteiger partial charge in [0.1, 0.15) is 6.04 Å². The third-order valence-corrected chi connectivity index (χ3v) is 4.37. The van der Waals surface area contributed by atoms with Crippen molar-refractivity contribution in [2.24, 2.45) is 5.73 Å². The molecule has 0 radical (unpaired) electrons. The Morgan fingerprint density at radius 2 is 2.06 bits per heavy atom. The SMILES string of the molecule is CC(SCCC(N)C(=O)O)C(=O)NC1CCCC1. The first-order valence-corrected chi connectivity index (χ1v) is 7.46. The molecule has 0 spiro atoms. The van der Waals surface area contributed by atoms with Gasteiger partial charge < -0.3 is 16.2 Å². The third kappa shape index (κ3) is 5.27. The van der Waals surface area contributed by atoms with Crippen LogP contribution in [0.25, 0.3) is 0 Å². The van der Waals surface area contributed by atoms with Crippen molar-refractivity contribution in [3.8, 4) is 0 Å². The van der Waals surface area contributed by atoms with Crippen molar-refractivity contribution in [1.82, 2.24) is 5.32 Å². The molecule has 5 nitrogen and oxygen atoms in total. The summed E-state index contributed by atoms with van der Waals surface area (Å²) < 4.78 is 0. The molecular weight excluding hydrogens is 252 g/mol. The molecule has 2 atom stereocenters. The smallest absolute Gasteiger partial charge is 0.320 e. The zero-order valence-corrected chi connectivity index (χ0v) is 11.5. The minimum Gasteiger partial charge on any atom is -0.480 e. The first kappa shape index (κ1) is 15.3. The van der Waals surface area contributed by atoms with Gasteiger partial charge in [-0.15, -0.1) is 11.8 Å². The molecule has 1 amide bonds. The van der Waals surface area contributed by atoms with E-state index in [2.05, 4.69) is 5.32 Å². The standard InChI is InChI=1S/C12H22N2O3S/c1-8(18-7-6-10(13)12(16)17)11(15)14-9-4-2-3-5-9/h8-10H,2-7,13H2,1H3,(H,14,15)(H,16,17). The van der Waals surface area contributed by atoms with Crippen molar-refractivity contribution in [2.45, 2.75) is 56.4 Å². The Balaban J connectivity index is 2.16. The van der Waals surface area contributed by atoms with Crippen LogP contribution in [0.1, 0.15) is 39.0 Å². The number of hydrogen-bond donors (Lipinski definition) is 3. The van der Waals surface area contributed by atoms with Crippen LogP contribution >= 0.6 is 11.8 Å². The first-order chi connectivity index (χ1) is 8.50. The lowest BCUT2D eigenvalue weighted by atomic mass is 10.2. The van der Waals surface area contributed by atoms with E-state index in [4.69, 9.17) is 10.8 Å².